The van der Waals surface area contributed by atoms with Crippen LogP contribution < -0.4 is 10.6 Å². The van der Waals surface area contributed by atoms with E-state index >= 15 is 0 Å². The van der Waals surface area contributed by atoms with Crippen LogP contribution >= 0.6 is 0 Å². The standard InChI is InChI=1S/C16H17FN2O/c1-11-3-4-14(17)9-13(11)10-18-15-5-7-16(8-6-15)19-12(2)20/h3-9,18H,10H2,1-2H3,(H,19,20). The number of carbonyl (C=O) groups excluding carboxylic acids is 1. The Balaban J connectivity index is 2.00. The molecule has 0 heterocycles. The minimum atomic E-state index is -0.228. The number of carbonyl (C=O) groups is 1. The number of aryl methyl sites for hydroxylation is 1. The fourth-order valence-electron chi connectivity index (χ4n) is 1.90. The van der Waals surface area contributed by atoms with Crippen molar-refractivity contribution in [2.24, 2.45) is 0 Å². The van der Waals surface area contributed by atoms with Gasteiger partial charge in [-0.3, -0.25) is 4.79 Å². The van der Waals surface area contributed by atoms with Crippen LogP contribution in [0.25, 0.3) is 0 Å². The molecule has 2 aromatic rings. The quantitative estimate of drug-likeness (QED) is 0.891. The van der Waals surface area contributed by atoms with Crippen LogP contribution in [-0.2, 0) is 11.3 Å². The van der Waals surface area contributed by atoms with Gasteiger partial charge in [-0.05, 0) is 54.4 Å². The molecule has 0 atom stereocenters. The first-order valence-electron chi connectivity index (χ1n) is 6.41. The summed E-state index contributed by atoms with van der Waals surface area (Å²) >= 11 is 0. The summed E-state index contributed by atoms with van der Waals surface area (Å²) in [5.74, 6) is -0.325. The lowest BCUT2D eigenvalue weighted by Gasteiger charge is -2.10. The van der Waals surface area contributed by atoms with Crippen molar-refractivity contribution in [3.05, 3.63) is 59.4 Å². The minimum Gasteiger partial charge on any atom is -0.381 e. The van der Waals surface area contributed by atoms with Crippen molar-refractivity contribution in [1.82, 2.24) is 0 Å². The SMILES string of the molecule is CC(=O)Nc1ccc(NCc2cc(F)ccc2C)cc1. The summed E-state index contributed by atoms with van der Waals surface area (Å²) in [6.45, 7) is 3.98. The molecule has 2 rings (SSSR count). The number of amides is 1. The van der Waals surface area contributed by atoms with Crippen LogP contribution in [0.4, 0.5) is 15.8 Å². The van der Waals surface area contributed by atoms with E-state index in [4.69, 9.17) is 0 Å². The second-order valence-corrected chi connectivity index (χ2v) is 4.68. The predicted octanol–water partition coefficient (Wildman–Crippen LogP) is 3.70. The van der Waals surface area contributed by atoms with Crippen LogP contribution in [0.2, 0.25) is 0 Å². The molecule has 0 bridgehead atoms. The first kappa shape index (κ1) is 14.1. The molecule has 20 heavy (non-hydrogen) atoms. The Labute approximate surface area is 117 Å². The molecular weight excluding hydrogens is 255 g/mol. The van der Waals surface area contributed by atoms with E-state index in [0.717, 1.165) is 22.5 Å². The molecule has 2 N–H and O–H groups in total. The Hall–Kier alpha value is -2.36. The molecule has 0 aliphatic heterocycles. The first-order valence-corrected chi connectivity index (χ1v) is 6.41. The maximum Gasteiger partial charge on any atom is 0.221 e. The second kappa shape index (κ2) is 6.19. The molecule has 3 nitrogen and oxygen atoms in total. The summed E-state index contributed by atoms with van der Waals surface area (Å²) in [6.07, 6.45) is 0. The van der Waals surface area contributed by atoms with E-state index in [1.807, 2.05) is 31.2 Å². The third-order valence-corrected chi connectivity index (χ3v) is 3.00. The molecule has 0 fully saturated rings. The highest BCUT2D eigenvalue weighted by Gasteiger charge is 2.01. The van der Waals surface area contributed by atoms with Gasteiger partial charge in [-0.25, -0.2) is 4.39 Å². The van der Waals surface area contributed by atoms with Crippen LogP contribution in [0.5, 0.6) is 0 Å². The number of hydrogen-bond donors (Lipinski definition) is 2. The van der Waals surface area contributed by atoms with Crippen molar-refractivity contribution in [3.63, 3.8) is 0 Å². The Morgan fingerprint density at radius 1 is 1.10 bits per heavy atom. The number of hydrogen-bond acceptors (Lipinski definition) is 2. The van der Waals surface area contributed by atoms with E-state index in [0.29, 0.717) is 6.54 Å². The van der Waals surface area contributed by atoms with Gasteiger partial charge in [-0.1, -0.05) is 6.07 Å². The van der Waals surface area contributed by atoms with Crippen LogP contribution in [-0.4, -0.2) is 5.91 Å². The first-order chi connectivity index (χ1) is 9.54. The fourth-order valence-corrected chi connectivity index (χ4v) is 1.90. The van der Waals surface area contributed by atoms with Crippen LogP contribution in [0.1, 0.15) is 18.1 Å². The zero-order valence-corrected chi connectivity index (χ0v) is 11.5. The summed E-state index contributed by atoms with van der Waals surface area (Å²) in [4.78, 5) is 10.9. The van der Waals surface area contributed by atoms with Gasteiger partial charge in [0.15, 0.2) is 0 Å². The summed E-state index contributed by atoms with van der Waals surface area (Å²) < 4.78 is 13.2. The molecule has 1 amide bonds. The molecule has 0 aliphatic carbocycles. The lowest BCUT2D eigenvalue weighted by molar-refractivity contribution is -0.114. The maximum atomic E-state index is 13.2. The zero-order valence-electron chi connectivity index (χ0n) is 11.5. The highest BCUT2D eigenvalue weighted by atomic mass is 19.1. The largest absolute Gasteiger partial charge is 0.381 e. The molecule has 104 valence electrons. The molecular formula is C16H17FN2O. The van der Waals surface area contributed by atoms with E-state index < -0.39 is 0 Å². The number of benzene rings is 2. The summed E-state index contributed by atoms with van der Waals surface area (Å²) in [5, 5.41) is 5.94. The number of halogens is 1. The van der Waals surface area contributed by atoms with Gasteiger partial charge < -0.3 is 10.6 Å². The van der Waals surface area contributed by atoms with Crippen molar-refractivity contribution in [1.29, 1.82) is 0 Å². The fraction of sp³-hybridized carbons (Fsp3) is 0.188. The topological polar surface area (TPSA) is 41.1 Å². The number of nitrogens with one attached hydrogen (secondary N) is 2. The van der Waals surface area contributed by atoms with E-state index in [-0.39, 0.29) is 11.7 Å². The summed E-state index contributed by atoms with van der Waals surface area (Å²) in [7, 11) is 0. The van der Waals surface area contributed by atoms with Crippen LogP contribution in [0, 0.1) is 12.7 Å². The molecule has 0 spiro atoms. The van der Waals surface area contributed by atoms with Crippen molar-refractivity contribution in [2.75, 3.05) is 10.6 Å². The van der Waals surface area contributed by atoms with Crippen LogP contribution in [0.15, 0.2) is 42.5 Å². The van der Waals surface area contributed by atoms with Gasteiger partial charge in [0, 0.05) is 24.8 Å². The Morgan fingerprint density at radius 3 is 2.40 bits per heavy atom. The van der Waals surface area contributed by atoms with Crippen molar-refractivity contribution < 1.29 is 9.18 Å². The average molecular weight is 272 g/mol. The van der Waals surface area contributed by atoms with E-state index in [2.05, 4.69) is 10.6 Å². The van der Waals surface area contributed by atoms with Crippen LogP contribution in [0.3, 0.4) is 0 Å². The highest BCUT2D eigenvalue weighted by molar-refractivity contribution is 5.88. The molecule has 0 unspecified atom stereocenters. The van der Waals surface area contributed by atoms with E-state index in [9.17, 15) is 9.18 Å². The maximum absolute atomic E-state index is 13.2. The third-order valence-electron chi connectivity index (χ3n) is 3.00. The molecule has 0 aromatic heterocycles. The van der Waals surface area contributed by atoms with Crippen molar-refractivity contribution >= 4 is 17.3 Å². The van der Waals surface area contributed by atoms with E-state index in [1.165, 1.54) is 19.1 Å². The number of anilines is 2. The monoisotopic (exact) mass is 272 g/mol. The lowest BCUT2D eigenvalue weighted by atomic mass is 10.1. The van der Waals surface area contributed by atoms with Crippen molar-refractivity contribution in [2.45, 2.75) is 20.4 Å². The van der Waals surface area contributed by atoms with Crippen molar-refractivity contribution in [3.8, 4) is 0 Å². The molecule has 0 radical (unpaired) electrons. The van der Waals surface area contributed by atoms with Gasteiger partial charge in [-0.15, -0.1) is 0 Å². The minimum absolute atomic E-state index is 0.0962. The van der Waals surface area contributed by atoms with Gasteiger partial charge in [0.1, 0.15) is 5.82 Å². The Kier molecular flexibility index (Phi) is 4.35. The predicted molar refractivity (Wildman–Crippen MR) is 79.2 cm³/mol. The molecule has 2 aromatic carbocycles. The highest BCUT2D eigenvalue weighted by Crippen LogP contribution is 2.16. The van der Waals surface area contributed by atoms with Gasteiger partial charge in [-0.2, -0.15) is 0 Å². The second-order valence-electron chi connectivity index (χ2n) is 4.68. The molecule has 0 saturated carbocycles. The molecule has 4 heteroatoms. The third kappa shape index (κ3) is 3.82. The summed E-state index contributed by atoms with van der Waals surface area (Å²) in [5.41, 5.74) is 3.65. The average Bonchev–Trinajstić information content (AvgIpc) is 2.41. The molecule has 0 saturated heterocycles. The lowest BCUT2D eigenvalue weighted by Crippen LogP contribution is -2.06. The normalized spacial score (nSPS) is 10.2. The van der Waals surface area contributed by atoms with Gasteiger partial charge in [0.2, 0.25) is 5.91 Å². The summed E-state index contributed by atoms with van der Waals surface area (Å²) in [6, 6.07) is 12.2. The number of rotatable bonds is 4. The van der Waals surface area contributed by atoms with E-state index in [1.54, 1.807) is 6.07 Å². The Morgan fingerprint density at radius 2 is 1.75 bits per heavy atom. The smallest absolute Gasteiger partial charge is 0.221 e. The zero-order chi connectivity index (χ0) is 14.5. The van der Waals surface area contributed by atoms with Gasteiger partial charge in [0.25, 0.3) is 0 Å². The Bertz CT molecular complexity index is 608. The molecule has 0 aliphatic rings. The van der Waals surface area contributed by atoms with Gasteiger partial charge in [0.05, 0.1) is 0 Å². The van der Waals surface area contributed by atoms with Gasteiger partial charge >= 0.3 is 0 Å².